The van der Waals surface area contributed by atoms with Crippen LogP contribution in [0, 0.1) is 0 Å². The van der Waals surface area contributed by atoms with E-state index >= 15 is 0 Å². The number of rotatable bonds is 34. The second kappa shape index (κ2) is 47.6. The number of ether oxygens (including phenoxy) is 21. The van der Waals surface area contributed by atoms with Crippen LogP contribution in [0.3, 0.4) is 0 Å². The highest BCUT2D eigenvalue weighted by Gasteiger charge is 2.63. The van der Waals surface area contributed by atoms with Crippen LogP contribution in [-0.4, -0.2) is 580 Å². The number of hydrogen-bond acceptors (Lipinski definition) is 55. The third kappa shape index (κ3) is 24.1. The fourth-order valence-corrected chi connectivity index (χ4v) is 17.3. The summed E-state index contributed by atoms with van der Waals surface area (Å²) in [5.41, 5.74) is 0. The minimum Gasteiger partial charge on any atom is -0.394 e. The molecule has 0 spiro atoms. The molecule has 11 saturated heterocycles. The third-order valence-corrected chi connectivity index (χ3v) is 24.5. The van der Waals surface area contributed by atoms with E-state index in [0.717, 1.165) is 27.7 Å². The topological polar surface area (TPSA) is 917 Å². The SMILES string of the molecule is CC(=O)N[C@@H]1[C@H](O[C@@H]2[C@@H](O[C@@H]3[C@H](O)[C@H](O[C@H]4[C@H](O)[C@@H](NC(C)=O)[C@H](O[C@H]5[C@H](O)[C@@H](NC(C)=O)C(O)O[C@@H]5CO[C@@H]5O[C@@H](C)[C@@H](O)[C@@H](O)[C@@H]5O)O[C@@H]4CO)O[C@H](CO[C@H]4O[C@H](CO)[C@@H](O)[C@H](O)[C@@H]4O[C@@H]4O[C@H](CO)[C@@H](O[C@@H]5O[C@H](CO)[C@H](O)[C@H](O[C@@H]6O[C@H](CO)[C@H](O)[C@H](O)[C@H]6O)[C@H]5O)[C@H](O)[C@H]4NC(C)=O)[C@H]3O)O[C@H](CO)[C@@H](O)[C@@H]2O)O[C@H](CO)[C@@H](O[C@@H]2O[C@H](CO)[C@H](O)[C@H](O)[C@H]2O)[C@@H]1O. The van der Waals surface area contributed by atoms with Crippen LogP contribution >= 0.6 is 0 Å². The van der Waals surface area contributed by atoms with Crippen LogP contribution in [0.5, 0.6) is 0 Å². The van der Waals surface area contributed by atoms with Crippen molar-refractivity contribution in [2.45, 2.75) is 372 Å². The molecule has 0 aromatic rings. The first-order valence-electron chi connectivity index (χ1n) is 42.5. The van der Waals surface area contributed by atoms with Gasteiger partial charge in [-0.05, 0) is 6.92 Å². The van der Waals surface area contributed by atoms with E-state index in [1.54, 1.807) is 0 Å². The van der Waals surface area contributed by atoms with Crippen molar-refractivity contribution in [2.75, 3.05) is 66.1 Å². The zero-order chi connectivity index (χ0) is 97.8. The maximum Gasteiger partial charge on any atom is 0.217 e. The summed E-state index contributed by atoms with van der Waals surface area (Å²) < 4.78 is 125. The Morgan fingerprint density at radius 2 is 0.459 bits per heavy atom. The summed E-state index contributed by atoms with van der Waals surface area (Å²) in [4.78, 5) is 52.0. The van der Waals surface area contributed by atoms with Crippen LogP contribution in [0.1, 0.15) is 34.6 Å². The Morgan fingerprint density at radius 3 is 0.842 bits per heavy atom. The number of aliphatic hydroxyl groups is 30. The molecule has 0 saturated carbocycles. The van der Waals surface area contributed by atoms with Crippen molar-refractivity contribution in [3.63, 3.8) is 0 Å². The number of nitrogens with one attached hydrogen (secondary N) is 4. The van der Waals surface area contributed by atoms with E-state index in [4.69, 9.17) is 99.5 Å². The lowest BCUT2D eigenvalue weighted by atomic mass is 9.93. The molecule has 0 aromatic heterocycles. The monoisotopic (exact) mass is 1950 g/mol. The molecule has 1 unspecified atom stereocenters. The smallest absolute Gasteiger partial charge is 0.217 e. The van der Waals surface area contributed by atoms with E-state index in [0.29, 0.717) is 0 Å². The minimum absolute atomic E-state index is 0.859. The highest BCUT2D eigenvalue weighted by atomic mass is 16.8. The van der Waals surface area contributed by atoms with Gasteiger partial charge in [0.15, 0.2) is 69.2 Å². The summed E-state index contributed by atoms with van der Waals surface area (Å²) >= 11 is 0. The van der Waals surface area contributed by atoms with Crippen LogP contribution in [0.2, 0.25) is 0 Å². The molecule has 59 heteroatoms. The molecule has 770 valence electrons. The summed E-state index contributed by atoms with van der Waals surface area (Å²) in [7, 11) is 0. The summed E-state index contributed by atoms with van der Waals surface area (Å²) in [6.07, 6.45) is -107. The number of amides is 4. The van der Waals surface area contributed by atoms with Crippen LogP contribution < -0.4 is 21.3 Å². The molecule has 11 heterocycles. The molecule has 0 aliphatic carbocycles. The van der Waals surface area contributed by atoms with Gasteiger partial charge in [-0.1, -0.05) is 0 Å². The van der Waals surface area contributed by atoms with E-state index in [1.165, 1.54) is 6.92 Å². The molecule has 133 heavy (non-hydrogen) atoms. The Bertz CT molecular complexity index is 3630. The Hall–Kier alpha value is -4.16. The van der Waals surface area contributed by atoms with Gasteiger partial charge in [0.25, 0.3) is 0 Å². The van der Waals surface area contributed by atoms with E-state index in [-0.39, 0.29) is 0 Å². The van der Waals surface area contributed by atoms with Gasteiger partial charge in [-0.15, -0.1) is 0 Å². The van der Waals surface area contributed by atoms with Gasteiger partial charge in [-0.2, -0.15) is 0 Å². The van der Waals surface area contributed by atoms with Crippen molar-refractivity contribution in [1.82, 2.24) is 21.3 Å². The van der Waals surface area contributed by atoms with E-state index < -0.39 is 427 Å². The van der Waals surface area contributed by atoms with Crippen LogP contribution in [0.15, 0.2) is 0 Å². The fraction of sp³-hybridized carbons (Fsp3) is 0.946. The van der Waals surface area contributed by atoms with Crippen molar-refractivity contribution in [2.24, 2.45) is 0 Å². The lowest BCUT2D eigenvalue weighted by Crippen LogP contribution is -2.71. The maximum atomic E-state index is 13.3. The van der Waals surface area contributed by atoms with Gasteiger partial charge in [0.05, 0.1) is 72.2 Å². The Kier molecular flexibility index (Phi) is 39.1. The molecular weight excluding hydrogens is 1820 g/mol. The van der Waals surface area contributed by atoms with Crippen LogP contribution in [0.25, 0.3) is 0 Å². The van der Waals surface area contributed by atoms with Gasteiger partial charge in [-0.25, -0.2) is 0 Å². The van der Waals surface area contributed by atoms with E-state index in [9.17, 15) is 172 Å². The molecule has 4 amide bonds. The predicted molar refractivity (Wildman–Crippen MR) is 407 cm³/mol. The molecule has 0 bridgehead atoms. The summed E-state index contributed by atoms with van der Waals surface area (Å²) in [5, 5.41) is 345. The van der Waals surface area contributed by atoms with Crippen LogP contribution in [-0.2, 0) is 119 Å². The van der Waals surface area contributed by atoms with Gasteiger partial charge >= 0.3 is 0 Å². The Morgan fingerprint density at radius 1 is 0.211 bits per heavy atom. The Balaban J connectivity index is 0.911. The fourth-order valence-electron chi connectivity index (χ4n) is 17.3. The molecule has 34 N–H and O–H groups in total. The average Bonchev–Trinajstić information content (AvgIpc) is 0.756. The quantitative estimate of drug-likeness (QED) is 0.0284. The zero-order valence-corrected chi connectivity index (χ0v) is 71.4. The van der Waals surface area contributed by atoms with Gasteiger partial charge in [0, 0.05) is 27.7 Å². The number of aliphatic hydroxyl groups excluding tert-OH is 30. The summed E-state index contributed by atoms with van der Waals surface area (Å²) in [6, 6.07) is -7.87. The van der Waals surface area contributed by atoms with Gasteiger partial charge in [0.1, 0.15) is 262 Å². The molecule has 55 atom stereocenters. The molecular formula is C74H124N4O55. The molecule has 11 aliphatic heterocycles. The Labute approximate surface area is 752 Å². The lowest BCUT2D eigenvalue weighted by Gasteiger charge is -2.51. The predicted octanol–water partition coefficient (Wildman–Crippen LogP) is -23.4. The first kappa shape index (κ1) is 109. The molecule has 0 radical (unpaired) electrons. The highest BCUT2D eigenvalue weighted by molar-refractivity contribution is 5.74. The van der Waals surface area contributed by atoms with Crippen molar-refractivity contribution in [3.8, 4) is 0 Å². The molecule has 11 fully saturated rings. The zero-order valence-electron chi connectivity index (χ0n) is 71.4. The highest BCUT2D eigenvalue weighted by Crippen LogP contribution is 2.42. The van der Waals surface area contributed by atoms with Gasteiger partial charge < -0.3 is 274 Å². The maximum absolute atomic E-state index is 13.3. The first-order chi connectivity index (χ1) is 62.9. The third-order valence-electron chi connectivity index (χ3n) is 24.5. The second-order valence-corrected chi connectivity index (χ2v) is 33.8. The summed E-state index contributed by atoms with van der Waals surface area (Å²) in [6.45, 7) is -6.29. The second-order valence-electron chi connectivity index (χ2n) is 33.8. The van der Waals surface area contributed by atoms with Crippen LogP contribution in [0.4, 0.5) is 0 Å². The van der Waals surface area contributed by atoms with Gasteiger partial charge in [0.2, 0.25) is 23.6 Å². The largest absolute Gasteiger partial charge is 0.394 e. The van der Waals surface area contributed by atoms with E-state index in [2.05, 4.69) is 21.3 Å². The molecule has 59 nitrogen and oxygen atoms in total. The molecule has 0 aromatic carbocycles. The van der Waals surface area contributed by atoms with Crippen molar-refractivity contribution >= 4 is 23.6 Å². The summed E-state index contributed by atoms with van der Waals surface area (Å²) in [5.74, 6) is -3.87. The standard InChI is InChI=1S/C74H124N4O55/c1-16-35(91)46(102)51(107)68(115-16)113-15-30-59(42(98)31(64(112)116-30)75-17(2)87)126-65-32(76-18(3)88)43(99)58(27(12-85)122-65)129-72-55(111)61(131-74-63(50(106)39(95)24(9-82)121-74)133-67-34(78-20(5)90)44(100)56(26(11-84)124-67)127-69-52(108)47(103)36(92)21(6-79)117-69)41(97)29(125-72)14-114-73-62(49(105)38(94)23(8-81)120-73)132-66-33(77-19(4)89)45(101)57(28(13-86)123-66)128-71-54(110)60(40(96)25(10-83)119-71)130-70-53(109)48(104)37(93)22(7-80)118-70/h16,21-74,79-86,91-112H,6-15H2,1-5H3,(H,75,87)(H,76,88)(H,77,89)(H,78,90)/t16-,21+,22+,23+,24+,25+,26+,27+,28+,29+,30+,31+,32+,33+,34-,35+,36-,37-,38+,39+,40-,41+,42+,43+,44+,45+,46+,47-,48-,49-,50-,51-,52+,53+,54+,55-,56+,57+,58+,59+,60-,61-,62-,63-,64?,65-,66-,67-,68+,69-,70-,71-,72-,73-,74+/m0/s1. The minimum atomic E-state index is -2.66. The van der Waals surface area contributed by atoms with Gasteiger partial charge in [-0.3, -0.25) is 19.2 Å². The van der Waals surface area contributed by atoms with Crippen molar-refractivity contribution in [1.29, 1.82) is 0 Å². The normalized spacial score (nSPS) is 50.1. The average molecular weight is 1950 g/mol. The molecule has 11 rings (SSSR count). The van der Waals surface area contributed by atoms with E-state index in [1.807, 2.05) is 0 Å². The number of carbonyl (C=O) groups is 4. The lowest BCUT2D eigenvalue weighted by molar-refractivity contribution is -0.399. The number of hydrogen-bond donors (Lipinski definition) is 34. The molecule has 11 aliphatic rings. The van der Waals surface area contributed by atoms with Crippen molar-refractivity contribution in [3.05, 3.63) is 0 Å². The first-order valence-corrected chi connectivity index (χ1v) is 42.5. The number of carbonyl (C=O) groups excluding carboxylic acids is 4. The van der Waals surface area contributed by atoms with Crippen molar-refractivity contribution < 1.29 is 272 Å².